The smallest absolute Gasteiger partial charge is 0.270 e. The van der Waals surface area contributed by atoms with Crippen LogP contribution in [0.3, 0.4) is 0 Å². The van der Waals surface area contributed by atoms with Crippen LogP contribution in [0.4, 0.5) is 8.78 Å². The van der Waals surface area contributed by atoms with Crippen molar-refractivity contribution in [1.29, 1.82) is 0 Å². The first-order valence-corrected chi connectivity index (χ1v) is 11.7. The molecule has 192 valence electrons. The van der Waals surface area contributed by atoms with Crippen molar-refractivity contribution in [2.75, 3.05) is 13.1 Å². The summed E-state index contributed by atoms with van der Waals surface area (Å²) in [5.74, 6) is -4.89. The Morgan fingerprint density at radius 2 is 2.03 bits per heavy atom. The van der Waals surface area contributed by atoms with Gasteiger partial charge in [0.15, 0.2) is 5.56 Å². The Labute approximate surface area is 204 Å². The standard InChI is InChI=1S/C23H27F2N7O4/c1-22(2,3)10-31-15-8-14(17-13(9-26-28-17)19(34)30-7-6-23(24,25)11-30)29-32(15)21(36)16(20(31)35)18(33)27-12-4-5-12/h8-9,12,36H,4-7,10-11H2,1-3H3,(H,26,28)(H,27,33). The Bertz CT molecular complexity index is 1430. The number of carbonyl (C=O) groups is 2. The molecule has 3 aromatic heterocycles. The minimum Gasteiger partial charge on any atom is -0.492 e. The van der Waals surface area contributed by atoms with Gasteiger partial charge in [0, 0.05) is 31.6 Å². The van der Waals surface area contributed by atoms with Crippen LogP contribution in [0.2, 0.25) is 0 Å². The molecule has 1 aliphatic heterocycles. The predicted octanol–water partition coefficient (Wildman–Crippen LogP) is 2.01. The largest absolute Gasteiger partial charge is 0.492 e. The molecule has 2 aliphatic rings. The molecule has 0 spiro atoms. The first-order valence-electron chi connectivity index (χ1n) is 11.7. The zero-order valence-corrected chi connectivity index (χ0v) is 20.1. The first-order chi connectivity index (χ1) is 16.8. The topological polar surface area (TPSA) is 138 Å². The van der Waals surface area contributed by atoms with Gasteiger partial charge in [-0.25, -0.2) is 8.78 Å². The summed E-state index contributed by atoms with van der Waals surface area (Å²) in [6.45, 7) is 5.19. The molecule has 3 aromatic rings. The van der Waals surface area contributed by atoms with E-state index in [0.29, 0.717) is 0 Å². The van der Waals surface area contributed by atoms with Gasteiger partial charge in [-0.2, -0.15) is 14.7 Å². The van der Waals surface area contributed by atoms with Crippen LogP contribution in [0.25, 0.3) is 17.0 Å². The van der Waals surface area contributed by atoms with E-state index < -0.39 is 47.7 Å². The summed E-state index contributed by atoms with van der Waals surface area (Å²) in [5.41, 5.74) is -0.922. The molecule has 0 aromatic carbocycles. The highest BCUT2D eigenvalue weighted by Gasteiger charge is 2.41. The lowest BCUT2D eigenvalue weighted by Gasteiger charge is -2.21. The highest BCUT2D eigenvalue weighted by atomic mass is 19.3. The quantitative estimate of drug-likeness (QED) is 0.487. The summed E-state index contributed by atoms with van der Waals surface area (Å²) in [6, 6.07) is 1.45. The number of hydrogen-bond donors (Lipinski definition) is 3. The molecule has 0 radical (unpaired) electrons. The summed E-state index contributed by atoms with van der Waals surface area (Å²) in [7, 11) is 0. The second kappa shape index (κ2) is 8.14. The number of amides is 2. The van der Waals surface area contributed by atoms with Gasteiger partial charge < -0.3 is 15.3 Å². The highest BCUT2D eigenvalue weighted by molar-refractivity contribution is 6.00. The Kier molecular flexibility index (Phi) is 5.41. The van der Waals surface area contributed by atoms with Crippen LogP contribution >= 0.6 is 0 Å². The number of aromatic amines is 1. The number of fused-ring (bicyclic) bond motifs is 1. The highest BCUT2D eigenvalue weighted by Crippen LogP contribution is 2.31. The average molecular weight is 504 g/mol. The lowest BCUT2D eigenvalue weighted by atomic mass is 9.97. The van der Waals surface area contributed by atoms with Gasteiger partial charge in [0.25, 0.3) is 23.3 Å². The van der Waals surface area contributed by atoms with Gasteiger partial charge in [-0.1, -0.05) is 20.8 Å². The van der Waals surface area contributed by atoms with Crippen LogP contribution in [-0.2, 0) is 6.54 Å². The maximum absolute atomic E-state index is 13.7. The lowest BCUT2D eigenvalue weighted by molar-refractivity contribution is 0.0120. The first kappa shape index (κ1) is 23.9. The van der Waals surface area contributed by atoms with E-state index in [9.17, 15) is 28.3 Å². The third kappa shape index (κ3) is 4.33. The molecule has 0 unspecified atom stereocenters. The number of nitrogens with zero attached hydrogens (tertiary/aromatic N) is 5. The van der Waals surface area contributed by atoms with Gasteiger partial charge in [0.1, 0.15) is 11.3 Å². The molecule has 5 rings (SSSR count). The second-order valence-electron chi connectivity index (χ2n) is 10.7. The fourth-order valence-electron chi connectivity index (χ4n) is 4.32. The van der Waals surface area contributed by atoms with E-state index in [4.69, 9.17) is 0 Å². The van der Waals surface area contributed by atoms with Crippen LogP contribution in [-0.4, -0.2) is 71.3 Å². The molecule has 13 heteroatoms. The van der Waals surface area contributed by atoms with Crippen molar-refractivity contribution in [2.24, 2.45) is 5.41 Å². The van der Waals surface area contributed by atoms with Crippen molar-refractivity contribution in [3.63, 3.8) is 0 Å². The van der Waals surface area contributed by atoms with Crippen molar-refractivity contribution in [3.05, 3.63) is 33.7 Å². The third-order valence-corrected chi connectivity index (χ3v) is 6.21. The van der Waals surface area contributed by atoms with E-state index >= 15 is 0 Å². The zero-order valence-electron chi connectivity index (χ0n) is 20.1. The molecule has 36 heavy (non-hydrogen) atoms. The van der Waals surface area contributed by atoms with E-state index in [-0.39, 0.29) is 47.1 Å². The van der Waals surface area contributed by atoms with Gasteiger partial charge in [-0.05, 0) is 18.3 Å². The average Bonchev–Trinajstić information content (AvgIpc) is 3.16. The molecule has 4 heterocycles. The number of rotatable bonds is 5. The minimum atomic E-state index is -2.95. The lowest BCUT2D eigenvalue weighted by Crippen LogP contribution is -2.37. The van der Waals surface area contributed by atoms with Crippen molar-refractivity contribution in [1.82, 2.24) is 34.6 Å². The molecule has 1 saturated heterocycles. The molecular formula is C23H27F2N7O4. The monoisotopic (exact) mass is 503 g/mol. The molecule has 0 bridgehead atoms. The summed E-state index contributed by atoms with van der Waals surface area (Å²) in [6.07, 6.45) is 2.42. The van der Waals surface area contributed by atoms with E-state index in [1.807, 2.05) is 20.8 Å². The number of likely N-dealkylation sites (tertiary alicyclic amines) is 1. The number of halogens is 2. The fourth-order valence-corrected chi connectivity index (χ4v) is 4.32. The number of aromatic hydroxyl groups is 1. The Morgan fingerprint density at radius 1 is 1.31 bits per heavy atom. The van der Waals surface area contributed by atoms with Crippen LogP contribution in [0, 0.1) is 5.41 Å². The Hall–Kier alpha value is -3.77. The molecule has 2 amide bonds. The number of carbonyl (C=O) groups excluding carboxylic acids is 2. The van der Waals surface area contributed by atoms with Gasteiger partial charge in [-0.3, -0.25) is 24.0 Å². The maximum Gasteiger partial charge on any atom is 0.270 e. The second-order valence-corrected chi connectivity index (χ2v) is 10.7. The molecule has 2 fully saturated rings. The van der Waals surface area contributed by atoms with Gasteiger partial charge in [-0.15, -0.1) is 0 Å². The van der Waals surface area contributed by atoms with Gasteiger partial charge in [0.2, 0.25) is 5.88 Å². The van der Waals surface area contributed by atoms with Crippen LogP contribution in [0.1, 0.15) is 60.7 Å². The van der Waals surface area contributed by atoms with Gasteiger partial charge >= 0.3 is 0 Å². The number of alkyl halides is 2. The molecular weight excluding hydrogens is 476 g/mol. The van der Waals surface area contributed by atoms with E-state index in [2.05, 4.69) is 20.6 Å². The van der Waals surface area contributed by atoms with Crippen LogP contribution in [0.5, 0.6) is 5.88 Å². The van der Waals surface area contributed by atoms with Crippen LogP contribution < -0.4 is 10.9 Å². The van der Waals surface area contributed by atoms with Crippen molar-refractivity contribution >= 4 is 17.5 Å². The zero-order chi connectivity index (χ0) is 26.0. The third-order valence-electron chi connectivity index (χ3n) is 6.21. The Balaban J connectivity index is 1.62. The number of nitrogens with one attached hydrogen (secondary N) is 2. The summed E-state index contributed by atoms with van der Waals surface area (Å²) >= 11 is 0. The van der Waals surface area contributed by atoms with Crippen molar-refractivity contribution in [3.8, 4) is 17.3 Å². The number of hydrogen-bond acceptors (Lipinski definition) is 6. The Morgan fingerprint density at radius 3 is 2.64 bits per heavy atom. The van der Waals surface area contributed by atoms with Gasteiger partial charge in [0.05, 0.1) is 24.0 Å². The van der Waals surface area contributed by atoms with E-state index in [1.54, 1.807) is 0 Å². The number of aromatic nitrogens is 5. The van der Waals surface area contributed by atoms with Crippen molar-refractivity contribution in [2.45, 2.75) is 58.5 Å². The van der Waals surface area contributed by atoms with E-state index in [1.165, 1.54) is 16.8 Å². The minimum absolute atomic E-state index is 0.0343. The summed E-state index contributed by atoms with van der Waals surface area (Å²) in [5, 5.41) is 24.6. The molecule has 1 aliphatic carbocycles. The van der Waals surface area contributed by atoms with Crippen molar-refractivity contribution < 1.29 is 23.5 Å². The predicted molar refractivity (Wildman–Crippen MR) is 124 cm³/mol. The molecule has 1 saturated carbocycles. The van der Waals surface area contributed by atoms with Crippen LogP contribution in [0.15, 0.2) is 17.1 Å². The molecule has 3 N–H and O–H groups in total. The molecule has 11 nitrogen and oxygen atoms in total. The summed E-state index contributed by atoms with van der Waals surface area (Å²) in [4.78, 5) is 40.2. The fraction of sp³-hybridized carbons (Fsp3) is 0.522. The van der Waals surface area contributed by atoms with E-state index in [0.717, 1.165) is 22.3 Å². The maximum atomic E-state index is 13.7. The normalized spacial score (nSPS) is 17.6. The molecule has 0 atom stereocenters. The number of H-pyrrole nitrogens is 1. The SMILES string of the molecule is CC(C)(C)Cn1c(=O)c(C(=O)NC2CC2)c(O)n2nc(-c3[nH]ncc3C(=O)N3CCC(F)(F)C3)cc12. The summed E-state index contributed by atoms with van der Waals surface area (Å²) < 4.78 is 29.8.